The molecule has 1 aromatic heterocycles. The van der Waals surface area contributed by atoms with Crippen molar-refractivity contribution in [3.05, 3.63) is 22.3 Å². The quantitative estimate of drug-likeness (QED) is 0.898. The minimum absolute atomic E-state index is 0.206. The van der Waals surface area contributed by atoms with Crippen LogP contribution in [0.15, 0.2) is 16.6 Å². The van der Waals surface area contributed by atoms with E-state index < -0.39 is 0 Å². The highest BCUT2D eigenvalue weighted by Gasteiger charge is 2.38. The second kappa shape index (κ2) is 6.00. The van der Waals surface area contributed by atoms with Crippen molar-refractivity contribution in [2.24, 2.45) is 5.92 Å². The molecule has 4 nitrogen and oxygen atoms in total. The normalized spacial score (nSPS) is 30.8. The fourth-order valence-corrected chi connectivity index (χ4v) is 3.55. The van der Waals surface area contributed by atoms with Crippen LogP contribution in [0.1, 0.15) is 25.0 Å². The van der Waals surface area contributed by atoms with Crippen molar-refractivity contribution in [1.82, 2.24) is 4.98 Å². The van der Waals surface area contributed by atoms with E-state index in [9.17, 15) is 5.11 Å². The summed E-state index contributed by atoms with van der Waals surface area (Å²) in [5.74, 6) is 1.22. The molecule has 0 bridgehead atoms. The van der Waals surface area contributed by atoms with E-state index in [1.54, 1.807) is 0 Å². The zero-order valence-electron chi connectivity index (χ0n) is 11.8. The predicted octanol–water partition coefficient (Wildman–Crippen LogP) is 2.52. The smallest absolute Gasteiger partial charge is 0.129 e. The zero-order chi connectivity index (χ0) is 14.1. The van der Waals surface area contributed by atoms with E-state index in [0.717, 1.165) is 41.8 Å². The van der Waals surface area contributed by atoms with Crippen LogP contribution in [0.5, 0.6) is 0 Å². The molecule has 0 spiro atoms. The van der Waals surface area contributed by atoms with Crippen LogP contribution in [0.3, 0.4) is 0 Å². The van der Waals surface area contributed by atoms with Crippen LogP contribution in [0.2, 0.25) is 0 Å². The molecule has 5 heteroatoms. The maximum absolute atomic E-state index is 10.3. The minimum atomic E-state index is -0.245. The maximum atomic E-state index is 10.3. The number of aliphatic hydroxyl groups excluding tert-OH is 1. The Bertz CT molecular complexity index is 483. The minimum Gasteiger partial charge on any atom is -0.393 e. The van der Waals surface area contributed by atoms with Crippen LogP contribution in [-0.4, -0.2) is 42.0 Å². The van der Waals surface area contributed by atoms with Crippen LogP contribution < -0.4 is 4.90 Å². The highest BCUT2D eigenvalue weighted by Crippen LogP contribution is 2.33. The molecule has 2 aliphatic rings. The standard InChI is InChI=1S/C15H21BrN2O2/c1-10-12(16)4-5-15(17-10)18-7-2-3-13(18)11-9-20-8-6-14(11)19/h4-5,11,13-14,19H,2-3,6-9H2,1H3/t11-,13-,14+/m1/s1. The average Bonchev–Trinajstić information content (AvgIpc) is 2.91. The zero-order valence-corrected chi connectivity index (χ0v) is 13.3. The van der Waals surface area contributed by atoms with Gasteiger partial charge in [-0.1, -0.05) is 0 Å². The number of ether oxygens (including phenoxy) is 1. The van der Waals surface area contributed by atoms with E-state index in [2.05, 4.69) is 37.9 Å². The van der Waals surface area contributed by atoms with Gasteiger partial charge in [-0.05, 0) is 54.2 Å². The Morgan fingerprint density at radius 1 is 1.40 bits per heavy atom. The van der Waals surface area contributed by atoms with E-state index in [1.165, 1.54) is 0 Å². The summed E-state index contributed by atoms with van der Waals surface area (Å²) >= 11 is 3.50. The summed E-state index contributed by atoms with van der Waals surface area (Å²) in [5.41, 5.74) is 1.01. The molecule has 2 fully saturated rings. The molecule has 0 unspecified atom stereocenters. The molecule has 0 saturated carbocycles. The SMILES string of the molecule is Cc1nc(N2CCC[C@@H]2[C@H]2COCC[C@@H]2O)ccc1Br. The third-order valence-electron chi connectivity index (χ3n) is 4.46. The Balaban J connectivity index is 1.82. The van der Waals surface area contributed by atoms with Crippen molar-refractivity contribution in [3.63, 3.8) is 0 Å². The first-order chi connectivity index (χ1) is 9.66. The number of halogens is 1. The first kappa shape index (κ1) is 14.3. The molecule has 2 saturated heterocycles. The number of rotatable bonds is 2. The second-order valence-electron chi connectivity index (χ2n) is 5.73. The average molecular weight is 341 g/mol. The Labute approximate surface area is 128 Å². The van der Waals surface area contributed by atoms with Gasteiger partial charge in [0.25, 0.3) is 0 Å². The van der Waals surface area contributed by atoms with Crippen molar-refractivity contribution in [2.75, 3.05) is 24.7 Å². The van der Waals surface area contributed by atoms with Crippen molar-refractivity contribution in [1.29, 1.82) is 0 Å². The summed E-state index contributed by atoms with van der Waals surface area (Å²) in [5, 5.41) is 10.3. The molecule has 110 valence electrons. The molecule has 3 rings (SSSR count). The molecule has 20 heavy (non-hydrogen) atoms. The molecule has 1 N–H and O–H groups in total. The number of anilines is 1. The third-order valence-corrected chi connectivity index (χ3v) is 5.29. The molecule has 3 atom stereocenters. The van der Waals surface area contributed by atoms with E-state index in [4.69, 9.17) is 4.74 Å². The van der Waals surface area contributed by atoms with Gasteiger partial charge in [-0.3, -0.25) is 0 Å². The van der Waals surface area contributed by atoms with Gasteiger partial charge in [-0.15, -0.1) is 0 Å². The van der Waals surface area contributed by atoms with Gasteiger partial charge in [0.05, 0.1) is 18.4 Å². The van der Waals surface area contributed by atoms with Crippen LogP contribution in [-0.2, 0) is 4.74 Å². The lowest BCUT2D eigenvalue weighted by molar-refractivity contribution is -0.0438. The number of aliphatic hydroxyl groups is 1. The van der Waals surface area contributed by atoms with Gasteiger partial charge >= 0.3 is 0 Å². The lowest BCUT2D eigenvalue weighted by Gasteiger charge is -2.37. The van der Waals surface area contributed by atoms with Gasteiger partial charge in [0.2, 0.25) is 0 Å². The van der Waals surface area contributed by atoms with E-state index >= 15 is 0 Å². The molecular weight excluding hydrogens is 320 g/mol. The van der Waals surface area contributed by atoms with Crippen molar-refractivity contribution >= 4 is 21.7 Å². The van der Waals surface area contributed by atoms with E-state index in [0.29, 0.717) is 19.3 Å². The van der Waals surface area contributed by atoms with E-state index in [-0.39, 0.29) is 12.0 Å². The van der Waals surface area contributed by atoms with Crippen molar-refractivity contribution < 1.29 is 9.84 Å². The van der Waals surface area contributed by atoms with Crippen LogP contribution in [0.4, 0.5) is 5.82 Å². The van der Waals surface area contributed by atoms with Crippen LogP contribution in [0, 0.1) is 12.8 Å². The lowest BCUT2D eigenvalue weighted by atomic mass is 9.89. The molecular formula is C15H21BrN2O2. The molecule has 1 aromatic rings. The third kappa shape index (κ3) is 2.71. The summed E-state index contributed by atoms with van der Waals surface area (Å²) in [7, 11) is 0. The topological polar surface area (TPSA) is 45.6 Å². The number of pyridine rings is 1. The Morgan fingerprint density at radius 3 is 3.00 bits per heavy atom. The van der Waals surface area contributed by atoms with Crippen LogP contribution >= 0.6 is 15.9 Å². The van der Waals surface area contributed by atoms with Crippen molar-refractivity contribution in [3.8, 4) is 0 Å². The second-order valence-corrected chi connectivity index (χ2v) is 6.59. The maximum Gasteiger partial charge on any atom is 0.129 e. The number of aryl methyl sites for hydroxylation is 1. The molecule has 0 radical (unpaired) electrons. The number of hydrogen-bond donors (Lipinski definition) is 1. The summed E-state index contributed by atoms with van der Waals surface area (Å²) in [6, 6.07) is 4.46. The van der Waals surface area contributed by atoms with Gasteiger partial charge in [0, 0.05) is 29.6 Å². The fraction of sp³-hybridized carbons (Fsp3) is 0.667. The molecule has 0 amide bonds. The number of nitrogens with zero attached hydrogens (tertiary/aromatic N) is 2. The Morgan fingerprint density at radius 2 is 2.25 bits per heavy atom. The monoisotopic (exact) mass is 340 g/mol. The van der Waals surface area contributed by atoms with Gasteiger partial charge in [-0.2, -0.15) is 0 Å². The molecule has 2 aliphatic heterocycles. The fourth-order valence-electron chi connectivity index (χ4n) is 3.33. The molecule has 0 aliphatic carbocycles. The Kier molecular flexibility index (Phi) is 4.29. The van der Waals surface area contributed by atoms with Gasteiger partial charge in [0.15, 0.2) is 0 Å². The summed E-state index contributed by atoms with van der Waals surface area (Å²) < 4.78 is 6.62. The van der Waals surface area contributed by atoms with Gasteiger partial charge in [0.1, 0.15) is 5.82 Å². The molecule has 3 heterocycles. The van der Waals surface area contributed by atoms with Crippen LogP contribution in [0.25, 0.3) is 0 Å². The first-order valence-electron chi connectivity index (χ1n) is 7.32. The first-order valence-corrected chi connectivity index (χ1v) is 8.11. The highest BCUT2D eigenvalue weighted by atomic mass is 79.9. The van der Waals surface area contributed by atoms with Gasteiger partial charge < -0.3 is 14.7 Å². The Hall–Kier alpha value is -0.650. The summed E-state index contributed by atoms with van der Waals surface area (Å²) in [4.78, 5) is 7.03. The largest absolute Gasteiger partial charge is 0.393 e. The summed E-state index contributed by atoms with van der Waals surface area (Å²) in [6.45, 7) is 4.37. The van der Waals surface area contributed by atoms with Crippen molar-refractivity contribution in [2.45, 2.75) is 38.3 Å². The molecule has 0 aromatic carbocycles. The van der Waals surface area contributed by atoms with E-state index in [1.807, 2.05) is 6.92 Å². The number of aromatic nitrogens is 1. The predicted molar refractivity (Wildman–Crippen MR) is 82.0 cm³/mol. The lowest BCUT2D eigenvalue weighted by Crippen LogP contribution is -2.46. The van der Waals surface area contributed by atoms with Gasteiger partial charge in [-0.25, -0.2) is 4.98 Å². The summed E-state index contributed by atoms with van der Waals surface area (Å²) in [6.07, 6.45) is 2.78. The highest BCUT2D eigenvalue weighted by molar-refractivity contribution is 9.10. The number of hydrogen-bond acceptors (Lipinski definition) is 4.